The predicted octanol–water partition coefficient (Wildman–Crippen LogP) is 2.08. The molecule has 7 nitrogen and oxygen atoms in total. The Hall–Kier alpha value is -1.89. The van der Waals surface area contributed by atoms with E-state index in [1.54, 1.807) is 7.11 Å². The van der Waals surface area contributed by atoms with Crippen LogP contribution in [0.5, 0.6) is 5.88 Å². The zero-order chi connectivity index (χ0) is 16.8. The lowest BCUT2D eigenvalue weighted by molar-refractivity contribution is 0.232. The fourth-order valence-corrected chi connectivity index (χ4v) is 4.01. The van der Waals surface area contributed by atoms with E-state index in [1.165, 1.54) is 24.8 Å². The topological polar surface area (TPSA) is 61.0 Å². The molecule has 2 aromatic heterocycles. The Bertz CT molecular complexity index is 745. The number of aryl methyl sites for hydroxylation is 2. The van der Waals surface area contributed by atoms with E-state index in [2.05, 4.69) is 38.7 Å². The standard InChI is InChI=1S/C17H26N6O/c1-11-15(17(24-4)22(3)20-11)13-6-5-9-23(13)10-14-18-19-16(21(14)2)12-7-8-12/h12-13H,5-10H2,1-4H3/t13-/m1/s1. The molecular formula is C17H26N6O. The zero-order valence-corrected chi connectivity index (χ0v) is 15.0. The SMILES string of the molecule is COc1c([C@H]2CCCN2Cc2nnc(C3CC3)n2C)c(C)nn1C. The van der Waals surface area contributed by atoms with Crippen LogP contribution in [0.15, 0.2) is 0 Å². The van der Waals surface area contributed by atoms with Crippen molar-refractivity contribution in [2.45, 2.75) is 51.1 Å². The molecule has 0 N–H and O–H groups in total. The van der Waals surface area contributed by atoms with Crippen molar-refractivity contribution in [3.63, 3.8) is 0 Å². The second kappa shape index (κ2) is 5.88. The summed E-state index contributed by atoms with van der Waals surface area (Å²) < 4.78 is 9.65. The van der Waals surface area contributed by atoms with Crippen molar-refractivity contribution >= 4 is 0 Å². The highest BCUT2D eigenvalue weighted by atomic mass is 16.5. The second-order valence-electron chi connectivity index (χ2n) is 7.07. The number of hydrogen-bond donors (Lipinski definition) is 0. The normalized spacial score (nSPS) is 21.6. The van der Waals surface area contributed by atoms with E-state index in [4.69, 9.17) is 4.74 Å². The summed E-state index contributed by atoms with van der Waals surface area (Å²) in [5.41, 5.74) is 2.28. The molecular weight excluding hydrogens is 304 g/mol. The first-order chi connectivity index (χ1) is 11.6. The van der Waals surface area contributed by atoms with Crippen molar-refractivity contribution in [3.8, 4) is 5.88 Å². The van der Waals surface area contributed by atoms with Crippen molar-refractivity contribution in [2.24, 2.45) is 14.1 Å². The van der Waals surface area contributed by atoms with Gasteiger partial charge in [0.25, 0.3) is 0 Å². The molecule has 2 aromatic rings. The van der Waals surface area contributed by atoms with Crippen LogP contribution in [0.2, 0.25) is 0 Å². The largest absolute Gasteiger partial charge is 0.481 e. The third kappa shape index (κ3) is 2.51. The number of rotatable bonds is 5. The predicted molar refractivity (Wildman–Crippen MR) is 89.9 cm³/mol. The molecule has 1 atom stereocenters. The average Bonchev–Trinajstić information content (AvgIpc) is 3.09. The molecule has 2 aliphatic rings. The first-order valence-corrected chi connectivity index (χ1v) is 8.79. The monoisotopic (exact) mass is 330 g/mol. The van der Waals surface area contributed by atoms with Gasteiger partial charge in [-0.2, -0.15) is 5.10 Å². The summed E-state index contributed by atoms with van der Waals surface area (Å²) in [5.74, 6) is 3.72. The van der Waals surface area contributed by atoms with Crippen molar-refractivity contribution < 1.29 is 4.74 Å². The smallest absolute Gasteiger partial charge is 0.216 e. The molecule has 1 saturated heterocycles. The molecule has 7 heteroatoms. The Morgan fingerprint density at radius 1 is 1.17 bits per heavy atom. The number of nitrogens with zero attached hydrogens (tertiary/aromatic N) is 6. The third-order valence-electron chi connectivity index (χ3n) is 5.39. The van der Waals surface area contributed by atoms with Gasteiger partial charge >= 0.3 is 0 Å². The van der Waals surface area contributed by atoms with Gasteiger partial charge in [0.15, 0.2) is 0 Å². The fraction of sp³-hybridized carbons (Fsp3) is 0.706. The summed E-state index contributed by atoms with van der Waals surface area (Å²) >= 11 is 0. The maximum atomic E-state index is 5.62. The Morgan fingerprint density at radius 3 is 2.67 bits per heavy atom. The van der Waals surface area contributed by atoms with Crippen molar-refractivity contribution in [1.82, 2.24) is 29.4 Å². The summed E-state index contributed by atoms with van der Waals surface area (Å²) in [4.78, 5) is 2.49. The van der Waals surface area contributed by atoms with Gasteiger partial charge in [-0.05, 0) is 39.2 Å². The number of ether oxygens (including phenoxy) is 1. The van der Waals surface area contributed by atoms with E-state index < -0.39 is 0 Å². The highest BCUT2D eigenvalue weighted by Gasteiger charge is 2.34. The lowest BCUT2D eigenvalue weighted by Gasteiger charge is -2.24. The minimum Gasteiger partial charge on any atom is -0.481 e. The van der Waals surface area contributed by atoms with E-state index in [-0.39, 0.29) is 0 Å². The molecule has 2 fully saturated rings. The summed E-state index contributed by atoms with van der Waals surface area (Å²) in [7, 11) is 5.77. The molecule has 1 aliphatic heterocycles. The molecule has 1 saturated carbocycles. The van der Waals surface area contributed by atoms with Crippen molar-refractivity contribution in [1.29, 1.82) is 0 Å². The summed E-state index contributed by atoms with van der Waals surface area (Å²) in [6.45, 7) is 3.98. The van der Waals surface area contributed by atoms with E-state index in [0.29, 0.717) is 12.0 Å². The van der Waals surface area contributed by atoms with E-state index in [9.17, 15) is 0 Å². The first-order valence-electron chi connectivity index (χ1n) is 8.79. The number of aromatic nitrogens is 5. The van der Waals surface area contributed by atoms with E-state index in [1.807, 2.05) is 11.7 Å². The van der Waals surface area contributed by atoms with Gasteiger partial charge in [-0.3, -0.25) is 4.90 Å². The molecule has 0 aromatic carbocycles. The number of hydrogen-bond acceptors (Lipinski definition) is 5. The van der Waals surface area contributed by atoms with Crippen LogP contribution in [0.3, 0.4) is 0 Å². The Balaban J connectivity index is 1.59. The van der Waals surface area contributed by atoms with Gasteiger partial charge in [0.1, 0.15) is 11.6 Å². The minimum absolute atomic E-state index is 0.342. The number of methoxy groups -OCH3 is 1. The van der Waals surface area contributed by atoms with Crippen LogP contribution in [0.1, 0.15) is 60.5 Å². The van der Waals surface area contributed by atoms with E-state index in [0.717, 1.165) is 42.7 Å². The average molecular weight is 330 g/mol. The molecule has 130 valence electrons. The molecule has 0 bridgehead atoms. The van der Waals surface area contributed by atoms with Crippen molar-refractivity contribution in [2.75, 3.05) is 13.7 Å². The molecule has 0 amide bonds. The first kappa shape index (κ1) is 15.6. The molecule has 0 spiro atoms. The maximum absolute atomic E-state index is 5.62. The van der Waals surface area contributed by atoms with E-state index >= 15 is 0 Å². The second-order valence-corrected chi connectivity index (χ2v) is 7.07. The van der Waals surface area contributed by atoms with Gasteiger partial charge in [0.2, 0.25) is 5.88 Å². The summed E-state index contributed by atoms with van der Waals surface area (Å²) in [6.07, 6.45) is 4.83. The maximum Gasteiger partial charge on any atom is 0.216 e. The van der Waals surface area contributed by atoms with Gasteiger partial charge < -0.3 is 9.30 Å². The highest BCUT2D eigenvalue weighted by molar-refractivity contribution is 5.35. The Kier molecular flexibility index (Phi) is 3.83. The molecule has 4 rings (SSSR count). The van der Waals surface area contributed by atoms with Crippen LogP contribution in [0.4, 0.5) is 0 Å². The van der Waals surface area contributed by atoms with Crippen LogP contribution in [-0.2, 0) is 20.6 Å². The fourth-order valence-electron chi connectivity index (χ4n) is 4.01. The van der Waals surface area contributed by atoms with Gasteiger partial charge in [-0.25, -0.2) is 4.68 Å². The molecule has 0 unspecified atom stereocenters. The van der Waals surface area contributed by atoms with Gasteiger partial charge in [0.05, 0.1) is 24.9 Å². The molecule has 0 radical (unpaired) electrons. The number of likely N-dealkylation sites (tertiary alicyclic amines) is 1. The van der Waals surface area contributed by atoms with Crippen LogP contribution in [0.25, 0.3) is 0 Å². The minimum atomic E-state index is 0.342. The van der Waals surface area contributed by atoms with Crippen LogP contribution >= 0.6 is 0 Å². The molecule has 1 aliphatic carbocycles. The Labute approximate surface area is 142 Å². The summed E-state index contributed by atoms with van der Waals surface area (Å²) in [5, 5.41) is 13.4. The summed E-state index contributed by atoms with van der Waals surface area (Å²) in [6, 6.07) is 0.342. The van der Waals surface area contributed by atoms with Crippen molar-refractivity contribution in [3.05, 3.63) is 22.9 Å². The molecule has 24 heavy (non-hydrogen) atoms. The zero-order valence-electron chi connectivity index (χ0n) is 15.0. The van der Waals surface area contributed by atoms with Crippen LogP contribution < -0.4 is 4.74 Å². The third-order valence-corrected chi connectivity index (χ3v) is 5.39. The highest BCUT2D eigenvalue weighted by Crippen LogP contribution is 2.41. The quantitative estimate of drug-likeness (QED) is 0.840. The van der Waals surface area contributed by atoms with Gasteiger partial charge in [0, 0.05) is 26.1 Å². The van der Waals surface area contributed by atoms with Crippen LogP contribution in [-0.4, -0.2) is 43.1 Å². The van der Waals surface area contributed by atoms with Crippen LogP contribution in [0, 0.1) is 6.92 Å². The lowest BCUT2D eigenvalue weighted by Crippen LogP contribution is -2.25. The van der Waals surface area contributed by atoms with Gasteiger partial charge in [-0.15, -0.1) is 10.2 Å². The molecule has 3 heterocycles. The van der Waals surface area contributed by atoms with Gasteiger partial charge in [-0.1, -0.05) is 0 Å². The Morgan fingerprint density at radius 2 is 1.96 bits per heavy atom. The lowest BCUT2D eigenvalue weighted by atomic mass is 10.1.